The number of thioether (sulfide) groups is 1. The molecule has 2 aliphatic rings. The Balaban J connectivity index is 1.94. The second-order valence-corrected chi connectivity index (χ2v) is 9.76. The fourth-order valence-electron chi connectivity index (χ4n) is 3.13. The number of anilines is 1. The fourth-order valence-corrected chi connectivity index (χ4v) is 7.07. The number of sulfone groups is 1. The number of aliphatic imine (C=N–C) groups is 1. The zero-order chi connectivity index (χ0) is 17.3. The first kappa shape index (κ1) is 17.5. The Morgan fingerprint density at radius 2 is 2.17 bits per heavy atom. The van der Waals surface area contributed by atoms with Crippen molar-refractivity contribution in [2.45, 2.75) is 44.4 Å². The molecule has 2 fully saturated rings. The molecule has 1 aromatic carbocycles. The highest BCUT2D eigenvalue weighted by Crippen LogP contribution is 2.41. The molecule has 7 heteroatoms. The quantitative estimate of drug-likeness (QED) is 0.820. The van der Waals surface area contributed by atoms with E-state index in [4.69, 9.17) is 0 Å². The van der Waals surface area contributed by atoms with Crippen LogP contribution in [0.5, 0.6) is 0 Å². The van der Waals surface area contributed by atoms with E-state index < -0.39 is 9.84 Å². The number of unbranched alkanes of at least 4 members (excludes halogenated alkanes) is 1. The molecule has 0 aromatic heterocycles. The van der Waals surface area contributed by atoms with Crippen LogP contribution >= 0.6 is 11.8 Å². The van der Waals surface area contributed by atoms with Gasteiger partial charge in [-0.1, -0.05) is 37.2 Å². The number of aryl methyl sites for hydroxylation is 1. The summed E-state index contributed by atoms with van der Waals surface area (Å²) in [7, 11) is -3.03. The van der Waals surface area contributed by atoms with Gasteiger partial charge in [-0.2, -0.15) is 4.99 Å². The first-order valence-corrected chi connectivity index (χ1v) is 10.9. The van der Waals surface area contributed by atoms with Crippen LogP contribution in [0.3, 0.4) is 0 Å². The number of amidine groups is 1. The van der Waals surface area contributed by atoms with Gasteiger partial charge in [0.15, 0.2) is 15.0 Å². The number of rotatable bonds is 4. The number of carbonyl (C=O) groups is 1. The third-order valence-electron chi connectivity index (χ3n) is 4.31. The zero-order valence-corrected chi connectivity index (χ0v) is 15.6. The summed E-state index contributed by atoms with van der Waals surface area (Å²) in [4.78, 5) is 18.4. The van der Waals surface area contributed by atoms with Gasteiger partial charge in [-0.3, -0.25) is 4.79 Å². The Kier molecular flexibility index (Phi) is 5.01. The first-order chi connectivity index (χ1) is 11.4. The maximum atomic E-state index is 12.1. The maximum absolute atomic E-state index is 12.1. The Bertz CT molecular complexity index is 774. The van der Waals surface area contributed by atoms with Gasteiger partial charge in [0, 0.05) is 17.4 Å². The number of nitrogens with zero attached hydrogens (tertiary/aromatic N) is 2. The van der Waals surface area contributed by atoms with Gasteiger partial charge in [-0.25, -0.2) is 8.42 Å². The first-order valence-electron chi connectivity index (χ1n) is 8.24. The number of amides is 1. The molecule has 2 unspecified atom stereocenters. The van der Waals surface area contributed by atoms with Crippen molar-refractivity contribution < 1.29 is 13.2 Å². The molecule has 1 aromatic rings. The maximum Gasteiger partial charge on any atom is 0.248 e. The lowest BCUT2D eigenvalue weighted by molar-refractivity contribution is -0.117. The third-order valence-corrected chi connectivity index (χ3v) is 7.52. The van der Waals surface area contributed by atoms with Gasteiger partial charge in [0.25, 0.3) is 0 Å². The molecule has 2 saturated heterocycles. The van der Waals surface area contributed by atoms with E-state index in [1.807, 2.05) is 43.0 Å². The van der Waals surface area contributed by atoms with E-state index in [1.54, 1.807) is 0 Å². The lowest BCUT2D eigenvalue weighted by Gasteiger charge is -2.24. The Labute approximate surface area is 147 Å². The van der Waals surface area contributed by atoms with Gasteiger partial charge in [-0.05, 0) is 31.0 Å². The van der Waals surface area contributed by atoms with E-state index in [9.17, 15) is 13.2 Å². The summed E-state index contributed by atoms with van der Waals surface area (Å²) in [6.07, 6.45) is 2.22. The molecule has 2 aliphatic heterocycles. The van der Waals surface area contributed by atoms with Crippen LogP contribution < -0.4 is 4.90 Å². The highest BCUT2D eigenvalue weighted by atomic mass is 32.2. The third kappa shape index (κ3) is 3.67. The summed E-state index contributed by atoms with van der Waals surface area (Å²) in [5.41, 5.74) is 2.01. The molecule has 5 nitrogen and oxygen atoms in total. The van der Waals surface area contributed by atoms with Crippen molar-refractivity contribution in [2.24, 2.45) is 4.99 Å². The normalized spacial score (nSPS) is 26.8. The van der Waals surface area contributed by atoms with Crippen molar-refractivity contribution in [2.75, 3.05) is 16.4 Å². The zero-order valence-electron chi connectivity index (χ0n) is 13.9. The van der Waals surface area contributed by atoms with Crippen LogP contribution in [0.4, 0.5) is 5.69 Å². The van der Waals surface area contributed by atoms with Gasteiger partial charge >= 0.3 is 0 Å². The molecular formula is C17H22N2O3S2. The number of carbonyl (C=O) groups excluding carboxylic acids is 1. The van der Waals surface area contributed by atoms with E-state index in [-0.39, 0.29) is 28.7 Å². The Morgan fingerprint density at radius 3 is 2.88 bits per heavy atom. The minimum atomic E-state index is -3.03. The molecule has 0 bridgehead atoms. The predicted octanol–water partition coefficient (Wildman–Crippen LogP) is 2.79. The van der Waals surface area contributed by atoms with E-state index in [2.05, 4.69) is 4.99 Å². The molecule has 0 N–H and O–H groups in total. The Hall–Kier alpha value is -1.34. The molecule has 130 valence electrons. The standard InChI is InChI=1S/C17H22N2O3S2/c1-3-4-8-16(20)18-17-19(13-7-5-6-12(2)9-13)14-10-24(21,22)11-15(14)23-17/h5-7,9,14-15H,3-4,8,10-11H2,1-2H3. The van der Waals surface area contributed by atoms with Gasteiger partial charge in [0.05, 0.1) is 17.5 Å². The van der Waals surface area contributed by atoms with E-state index in [0.717, 1.165) is 24.1 Å². The lowest BCUT2D eigenvalue weighted by atomic mass is 10.1. The molecule has 3 rings (SSSR count). The van der Waals surface area contributed by atoms with Crippen molar-refractivity contribution in [3.8, 4) is 0 Å². The molecule has 1 amide bonds. The molecule has 2 heterocycles. The molecule has 0 aliphatic carbocycles. The molecule has 0 spiro atoms. The van der Waals surface area contributed by atoms with Crippen molar-refractivity contribution in [1.82, 2.24) is 0 Å². The van der Waals surface area contributed by atoms with E-state index >= 15 is 0 Å². The smallest absolute Gasteiger partial charge is 0.248 e. The van der Waals surface area contributed by atoms with Gasteiger partial charge in [-0.15, -0.1) is 0 Å². The van der Waals surface area contributed by atoms with Crippen LogP contribution in [-0.2, 0) is 14.6 Å². The summed E-state index contributed by atoms with van der Waals surface area (Å²) >= 11 is 1.43. The van der Waals surface area contributed by atoms with Crippen LogP contribution in [0.2, 0.25) is 0 Å². The van der Waals surface area contributed by atoms with E-state index in [1.165, 1.54) is 11.8 Å². The van der Waals surface area contributed by atoms with Gasteiger partial charge < -0.3 is 4.90 Å². The van der Waals surface area contributed by atoms with Crippen LogP contribution in [0, 0.1) is 6.92 Å². The highest BCUT2D eigenvalue weighted by Gasteiger charge is 2.49. The molecule has 0 radical (unpaired) electrons. The fraction of sp³-hybridized carbons (Fsp3) is 0.529. The van der Waals surface area contributed by atoms with Crippen molar-refractivity contribution in [3.05, 3.63) is 29.8 Å². The molecule has 2 atom stereocenters. The monoisotopic (exact) mass is 366 g/mol. The second kappa shape index (κ2) is 6.88. The number of benzene rings is 1. The topological polar surface area (TPSA) is 66.8 Å². The number of fused-ring (bicyclic) bond motifs is 1. The van der Waals surface area contributed by atoms with Crippen LogP contribution in [0.25, 0.3) is 0 Å². The predicted molar refractivity (Wildman–Crippen MR) is 99.4 cm³/mol. The Morgan fingerprint density at radius 1 is 1.38 bits per heavy atom. The summed E-state index contributed by atoms with van der Waals surface area (Å²) < 4.78 is 24.0. The summed E-state index contributed by atoms with van der Waals surface area (Å²) in [5, 5.41) is 0.597. The molecular weight excluding hydrogens is 344 g/mol. The molecule has 24 heavy (non-hydrogen) atoms. The van der Waals surface area contributed by atoms with Crippen molar-refractivity contribution >= 4 is 38.4 Å². The minimum Gasteiger partial charge on any atom is -0.316 e. The minimum absolute atomic E-state index is 0.0479. The summed E-state index contributed by atoms with van der Waals surface area (Å²) in [6.45, 7) is 4.04. The van der Waals surface area contributed by atoms with Crippen LogP contribution in [-0.4, -0.2) is 42.3 Å². The lowest BCUT2D eigenvalue weighted by Crippen LogP contribution is -2.37. The summed E-state index contributed by atoms with van der Waals surface area (Å²) in [5.74, 6) is 0.160. The van der Waals surface area contributed by atoms with Crippen molar-refractivity contribution in [3.63, 3.8) is 0 Å². The van der Waals surface area contributed by atoms with Gasteiger partial charge in [0.1, 0.15) is 0 Å². The number of hydrogen-bond acceptors (Lipinski definition) is 4. The molecule has 0 saturated carbocycles. The summed E-state index contributed by atoms with van der Waals surface area (Å²) in [6, 6.07) is 7.77. The SMILES string of the molecule is CCCCC(=O)N=C1SC2CS(=O)(=O)CC2N1c1cccc(C)c1. The largest absolute Gasteiger partial charge is 0.316 e. The van der Waals surface area contributed by atoms with Crippen LogP contribution in [0.15, 0.2) is 29.3 Å². The van der Waals surface area contributed by atoms with Crippen molar-refractivity contribution in [1.29, 1.82) is 0 Å². The second-order valence-electron chi connectivity index (χ2n) is 6.40. The van der Waals surface area contributed by atoms with Crippen LogP contribution in [0.1, 0.15) is 31.7 Å². The number of hydrogen-bond donors (Lipinski definition) is 0. The average molecular weight is 367 g/mol. The van der Waals surface area contributed by atoms with E-state index in [0.29, 0.717) is 11.6 Å². The average Bonchev–Trinajstić information content (AvgIpc) is 2.96. The highest BCUT2D eigenvalue weighted by molar-refractivity contribution is 8.16. The van der Waals surface area contributed by atoms with Gasteiger partial charge in [0.2, 0.25) is 5.91 Å².